The summed E-state index contributed by atoms with van der Waals surface area (Å²) >= 11 is 7.57. The molecule has 5 heteroatoms. The smallest absolute Gasteiger partial charge is 0.118 e. The first-order valence-corrected chi connectivity index (χ1v) is 8.04. The lowest BCUT2D eigenvalue weighted by atomic mass is 10.1. The van der Waals surface area contributed by atoms with Crippen LogP contribution in [-0.4, -0.2) is 12.1 Å². The minimum absolute atomic E-state index is 0.268. The molecule has 0 radical (unpaired) electrons. The Labute approximate surface area is 138 Å². The first-order valence-electron chi connectivity index (χ1n) is 6.78. The Kier molecular flexibility index (Phi) is 4.43. The zero-order chi connectivity index (χ0) is 15.5. The maximum Gasteiger partial charge on any atom is 0.118 e. The number of hydrogen-bond acceptors (Lipinski definition) is 4. The molecule has 0 spiro atoms. The monoisotopic (exact) mass is 330 g/mol. The predicted molar refractivity (Wildman–Crippen MR) is 91.6 cm³/mol. The van der Waals surface area contributed by atoms with Gasteiger partial charge in [0, 0.05) is 16.0 Å². The first-order chi connectivity index (χ1) is 10.7. The molecule has 1 heterocycles. The maximum atomic E-state index is 6.29. The zero-order valence-corrected chi connectivity index (χ0v) is 13.6. The van der Waals surface area contributed by atoms with E-state index in [1.165, 1.54) is 0 Å². The average molecular weight is 331 g/mol. The molecule has 0 amide bonds. The minimum atomic E-state index is -0.268. The van der Waals surface area contributed by atoms with E-state index in [2.05, 4.69) is 4.98 Å². The van der Waals surface area contributed by atoms with Crippen LogP contribution >= 0.6 is 22.9 Å². The molecule has 0 saturated carbocycles. The summed E-state index contributed by atoms with van der Waals surface area (Å²) in [5.41, 5.74) is 9.21. The normalized spacial score (nSPS) is 12.1. The molecule has 3 aromatic rings. The summed E-state index contributed by atoms with van der Waals surface area (Å²) < 4.78 is 5.17. The van der Waals surface area contributed by atoms with E-state index in [0.717, 1.165) is 27.6 Å². The molecule has 0 aliphatic heterocycles. The molecule has 0 saturated heterocycles. The molecule has 112 valence electrons. The van der Waals surface area contributed by atoms with E-state index in [1.54, 1.807) is 18.4 Å². The van der Waals surface area contributed by atoms with Gasteiger partial charge in [0.25, 0.3) is 0 Å². The second kappa shape index (κ2) is 6.48. The third-order valence-corrected chi connectivity index (χ3v) is 4.54. The highest BCUT2D eigenvalue weighted by molar-refractivity contribution is 7.10. The maximum absolute atomic E-state index is 6.29. The molecular weight excluding hydrogens is 316 g/mol. The van der Waals surface area contributed by atoms with E-state index in [1.807, 2.05) is 53.9 Å². The van der Waals surface area contributed by atoms with Crippen molar-refractivity contribution in [1.29, 1.82) is 0 Å². The Hall–Kier alpha value is -1.88. The lowest BCUT2D eigenvalue weighted by Gasteiger charge is -2.09. The molecular formula is C17H15ClN2OS. The third kappa shape index (κ3) is 3.14. The molecule has 1 aromatic heterocycles. The van der Waals surface area contributed by atoms with Gasteiger partial charge in [0.1, 0.15) is 10.8 Å². The molecule has 0 bridgehead atoms. The van der Waals surface area contributed by atoms with Gasteiger partial charge in [0.05, 0.1) is 18.8 Å². The predicted octanol–water partition coefficient (Wildman–Crippen LogP) is 4.52. The summed E-state index contributed by atoms with van der Waals surface area (Å²) in [5.74, 6) is 0.829. The van der Waals surface area contributed by atoms with Crippen LogP contribution in [0.3, 0.4) is 0 Å². The van der Waals surface area contributed by atoms with Gasteiger partial charge in [-0.2, -0.15) is 0 Å². The second-order valence-corrected chi connectivity index (χ2v) is 6.16. The van der Waals surface area contributed by atoms with Gasteiger partial charge in [-0.1, -0.05) is 23.7 Å². The number of thiazole rings is 1. The van der Waals surface area contributed by atoms with Gasteiger partial charge >= 0.3 is 0 Å². The van der Waals surface area contributed by atoms with E-state index in [9.17, 15) is 0 Å². The van der Waals surface area contributed by atoms with Crippen LogP contribution in [-0.2, 0) is 0 Å². The SMILES string of the molecule is COc1ccc(-c2csc(C(N)c3cccc(Cl)c3)n2)cc1. The third-order valence-electron chi connectivity index (χ3n) is 3.38. The topological polar surface area (TPSA) is 48.1 Å². The first kappa shape index (κ1) is 15.0. The lowest BCUT2D eigenvalue weighted by molar-refractivity contribution is 0.415. The van der Waals surface area contributed by atoms with Crippen LogP contribution in [0.25, 0.3) is 11.3 Å². The molecule has 22 heavy (non-hydrogen) atoms. The van der Waals surface area contributed by atoms with Gasteiger partial charge < -0.3 is 10.5 Å². The lowest BCUT2D eigenvalue weighted by Crippen LogP contribution is -2.11. The van der Waals surface area contributed by atoms with Gasteiger partial charge in [0.2, 0.25) is 0 Å². The summed E-state index contributed by atoms with van der Waals surface area (Å²) in [6.45, 7) is 0. The summed E-state index contributed by atoms with van der Waals surface area (Å²) in [4.78, 5) is 4.65. The Morgan fingerprint density at radius 1 is 1.18 bits per heavy atom. The van der Waals surface area contributed by atoms with Crippen molar-refractivity contribution in [3.63, 3.8) is 0 Å². The van der Waals surface area contributed by atoms with Crippen molar-refractivity contribution in [2.24, 2.45) is 5.73 Å². The van der Waals surface area contributed by atoms with Crippen LogP contribution in [0.1, 0.15) is 16.6 Å². The van der Waals surface area contributed by atoms with Gasteiger partial charge in [-0.15, -0.1) is 11.3 Å². The number of rotatable bonds is 4. The molecule has 3 rings (SSSR count). The quantitative estimate of drug-likeness (QED) is 0.765. The Balaban J connectivity index is 1.86. The second-order valence-electron chi connectivity index (χ2n) is 4.83. The highest BCUT2D eigenvalue weighted by Gasteiger charge is 2.14. The number of methoxy groups -OCH3 is 1. The number of benzene rings is 2. The minimum Gasteiger partial charge on any atom is -0.497 e. The molecule has 0 aliphatic rings. The van der Waals surface area contributed by atoms with Crippen molar-refractivity contribution < 1.29 is 4.74 Å². The van der Waals surface area contributed by atoms with Crippen LogP contribution in [0, 0.1) is 0 Å². The van der Waals surface area contributed by atoms with Crippen molar-refractivity contribution in [3.05, 3.63) is 69.5 Å². The summed E-state index contributed by atoms with van der Waals surface area (Å²) in [7, 11) is 1.65. The van der Waals surface area contributed by atoms with E-state index in [-0.39, 0.29) is 6.04 Å². The van der Waals surface area contributed by atoms with E-state index in [0.29, 0.717) is 5.02 Å². The Morgan fingerprint density at radius 3 is 2.64 bits per heavy atom. The largest absolute Gasteiger partial charge is 0.497 e. The van der Waals surface area contributed by atoms with Crippen molar-refractivity contribution in [2.45, 2.75) is 6.04 Å². The van der Waals surface area contributed by atoms with Crippen LogP contribution in [0.4, 0.5) is 0 Å². The number of hydrogen-bond donors (Lipinski definition) is 1. The molecule has 1 unspecified atom stereocenters. The number of ether oxygens (including phenoxy) is 1. The van der Waals surface area contributed by atoms with Gasteiger partial charge in [-0.3, -0.25) is 0 Å². The summed E-state index contributed by atoms with van der Waals surface area (Å²) in [5, 5.41) is 3.56. The molecule has 2 aromatic carbocycles. The number of nitrogens with zero attached hydrogens (tertiary/aromatic N) is 1. The highest BCUT2D eigenvalue weighted by Crippen LogP contribution is 2.29. The standard InChI is InChI=1S/C17H15ClN2OS/c1-21-14-7-5-11(6-8-14)15-10-22-17(20-15)16(19)12-3-2-4-13(18)9-12/h2-10,16H,19H2,1H3. The van der Waals surface area contributed by atoms with Crippen LogP contribution in [0.15, 0.2) is 53.9 Å². The molecule has 3 nitrogen and oxygen atoms in total. The van der Waals surface area contributed by atoms with Crippen molar-refractivity contribution in [2.75, 3.05) is 7.11 Å². The fraction of sp³-hybridized carbons (Fsp3) is 0.118. The Bertz CT molecular complexity index is 770. The fourth-order valence-corrected chi connectivity index (χ4v) is 3.22. The van der Waals surface area contributed by atoms with E-state index < -0.39 is 0 Å². The van der Waals surface area contributed by atoms with Crippen molar-refractivity contribution >= 4 is 22.9 Å². The van der Waals surface area contributed by atoms with Crippen LogP contribution < -0.4 is 10.5 Å². The summed E-state index contributed by atoms with van der Waals surface area (Å²) in [6, 6.07) is 15.1. The van der Waals surface area contributed by atoms with Crippen molar-refractivity contribution in [1.82, 2.24) is 4.98 Å². The van der Waals surface area contributed by atoms with Crippen molar-refractivity contribution in [3.8, 4) is 17.0 Å². The number of halogens is 1. The van der Waals surface area contributed by atoms with Gasteiger partial charge in [-0.05, 0) is 42.0 Å². The van der Waals surface area contributed by atoms with Gasteiger partial charge in [-0.25, -0.2) is 4.98 Å². The zero-order valence-electron chi connectivity index (χ0n) is 12.0. The van der Waals surface area contributed by atoms with Crippen LogP contribution in [0.2, 0.25) is 5.02 Å². The van der Waals surface area contributed by atoms with Crippen LogP contribution in [0.5, 0.6) is 5.75 Å². The molecule has 2 N–H and O–H groups in total. The Morgan fingerprint density at radius 2 is 1.95 bits per heavy atom. The number of aromatic nitrogens is 1. The van der Waals surface area contributed by atoms with E-state index in [4.69, 9.17) is 22.1 Å². The van der Waals surface area contributed by atoms with E-state index >= 15 is 0 Å². The average Bonchev–Trinajstić information content (AvgIpc) is 3.04. The fourth-order valence-electron chi connectivity index (χ4n) is 2.17. The van der Waals surface area contributed by atoms with Gasteiger partial charge in [0.15, 0.2) is 0 Å². The molecule has 1 atom stereocenters. The summed E-state index contributed by atoms with van der Waals surface area (Å²) in [6.07, 6.45) is 0. The molecule has 0 aliphatic carbocycles. The molecule has 0 fully saturated rings. The number of nitrogens with two attached hydrogens (primary N) is 1. The highest BCUT2D eigenvalue weighted by atomic mass is 35.5.